The van der Waals surface area contributed by atoms with Gasteiger partial charge in [0.05, 0.1) is 19.8 Å². The second-order valence-corrected chi connectivity index (χ2v) is 5.33. The predicted octanol–water partition coefficient (Wildman–Crippen LogP) is 2.35. The monoisotopic (exact) mass is 275 g/mol. The van der Waals surface area contributed by atoms with Crippen molar-refractivity contribution in [2.24, 2.45) is 0 Å². The Morgan fingerprint density at radius 1 is 0.947 bits per heavy atom. The van der Waals surface area contributed by atoms with Crippen LogP contribution in [0.4, 0.5) is 0 Å². The van der Waals surface area contributed by atoms with Crippen LogP contribution in [0.2, 0.25) is 0 Å². The first kappa shape index (κ1) is 18.8. The fourth-order valence-electron chi connectivity index (χ4n) is 1.84. The topological polar surface area (TPSA) is 50.7 Å². The van der Waals surface area contributed by atoms with Crippen molar-refractivity contribution < 1.29 is 14.6 Å². The largest absolute Gasteiger partial charge is 0.394 e. The number of hydrogen-bond acceptors (Lipinski definition) is 4. The molecule has 4 nitrogen and oxygen atoms in total. The van der Waals surface area contributed by atoms with Crippen LogP contribution in [0.5, 0.6) is 0 Å². The fraction of sp³-hybridized carbons (Fsp3) is 1.00. The molecule has 0 radical (unpaired) electrons. The first-order chi connectivity index (χ1) is 9.18. The molecule has 0 aromatic heterocycles. The summed E-state index contributed by atoms with van der Waals surface area (Å²) in [6, 6.07) is 0. The Labute approximate surface area is 118 Å². The lowest BCUT2D eigenvalue weighted by molar-refractivity contribution is 0.0456. The van der Waals surface area contributed by atoms with Crippen molar-refractivity contribution in [1.29, 1.82) is 0 Å². The van der Waals surface area contributed by atoms with Gasteiger partial charge in [-0.15, -0.1) is 0 Å². The average molecular weight is 275 g/mol. The van der Waals surface area contributed by atoms with Gasteiger partial charge in [-0.05, 0) is 45.6 Å². The minimum Gasteiger partial charge on any atom is -0.394 e. The molecule has 0 saturated carbocycles. The van der Waals surface area contributed by atoms with Crippen LogP contribution in [-0.2, 0) is 9.47 Å². The first-order valence-corrected chi connectivity index (χ1v) is 7.70. The van der Waals surface area contributed by atoms with Crippen molar-refractivity contribution in [3.8, 4) is 0 Å². The van der Waals surface area contributed by atoms with E-state index in [0.717, 1.165) is 51.9 Å². The molecule has 0 aromatic rings. The third kappa shape index (κ3) is 11.4. The van der Waals surface area contributed by atoms with Crippen molar-refractivity contribution in [1.82, 2.24) is 5.32 Å². The maximum Gasteiger partial charge on any atom is 0.0700 e. The molecule has 0 aliphatic heterocycles. The molecule has 0 bridgehead atoms. The minimum absolute atomic E-state index is 0.139. The summed E-state index contributed by atoms with van der Waals surface area (Å²) in [5.74, 6) is 0. The summed E-state index contributed by atoms with van der Waals surface area (Å²) in [6.07, 6.45) is 5.25. The molecule has 0 heterocycles. The van der Waals surface area contributed by atoms with Gasteiger partial charge in [0.1, 0.15) is 0 Å². The summed E-state index contributed by atoms with van der Waals surface area (Å²) in [5, 5.41) is 12.8. The van der Waals surface area contributed by atoms with Gasteiger partial charge in [-0.25, -0.2) is 0 Å². The first-order valence-electron chi connectivity index (χ1n) is 7.70. The van der Waals surface area contributed by atoms with Gasteiger partial charge >= 0.3 is 0 Å². The van der Waals surface area contributed by atoms with Gasteiger partial charge in [0.2, 0.25) is 0 Å². The summed E-state index contributed by atoms with van der Waals surface area (Å²) >= 11 is 0. The van der Waals surface area contributed by atoms with Crippen LogP contribution in [0.15, 0.2) is 0 Å². The summed E-state index contributed by atoms with van der Waals surface area (Å²) in [5.41, 5.74) is -0.139. The highest BCUT2D eigenvalue weighted by molar-refractivity contribution is 4.81. The van der Waals surface area contributed by atoms with Crippen LogP contribution in [0.25, 0.3) is 0 Å². The van der Waals surface area contributed by atoms with Gasteiger partial charge in [-0.1, -0.05) is 13.8 Å². The predicted molar refractivity (Wildman–Crippen MR) is 79.6 cm³/mol. The van der Waals surface area contributed by atoms with E-state index in [1.54, 1.807) is 0 Å². The van der Waals surface area contributed by atoms with Crippen LogP contribution in [-0.4, -0.2) is 50.2 Å². The number of nitrogens with one attached hydrogen (secondary N) is 1. The van der Waals surface area contributed by atoms with E-state index in [2.05, 4.69) is 26.1 Å². The highest BCUT2D eigenvalue weighted by Gasteiger charge is 2.21. The Bertz CT molecular complexity index is 190. The maximum atomic E-state index is 9.42. The molecule has 116 valence electrons. The zero-order chi connectivity index (χ0) is 14.4. The summed E-state index contributed by atoms with van der Waals surface area (Å²) < 4.78 is 10.8. The van der Waals surface area contributed by atoms with Crippen molar-refractivity contribution in [2.75, 3.05) is 39.6 Å². The third-order valence-electron chi connectivity index (χ3n) is 3.14. The van der Waals surface area contributed by atoms with Crippen LogP contribution < -0.4 is 5.32 Å². The molecular formula is C15H33NO3. The molecule has 2 N–H and O–H groups in total. The molecule has 0 rings (SSSR count). The lowest BCUT2D eigenvalue weighted by atomic mass is 9.95. The summed E-state index contributed by atoms with van der Waals surface area (Å²) in [7, 11) is 0. The van der Waals surface area contributed by atoms with Gasteiger partial charge in [0, 0.05) is 18.8 Å². The Hall–Kier alpha value is -0.160. The quantitative estimate of drug-likeness (QED) is 0.478. The molecule has 0 aromatic carbocycles. The summed E-state index contributed by atoms with van der Waals surface area (Å²) in [4.78, 5) is 0. The molecule has 0 spiro atoms. The zero-order valence-electron chi connectivity index (χ0n) is 13.0. The Morgan fingerprint density at radius 2 is 1.63 bits per heavy atom. The number of aliphatic hydroxyl groups is 1. The molecule has 1 unspecified atom stereocenters. The standard InChI is InChI=1S/C15H33NO3/c1-4-9-16-15(3,14-17)8-6-7-11-19-13-12-18-10-5-2/h16-17H,4-14H2,1-3H3. The molecule has 0 aliphatic rings. The zero-order valence-corrected chi connectivity index (χ0v) is 13.0. The van der Waals surface area contributed by atoms with Crippen molar-refractivity contribution in [3.63, 3.8) is 0 Å². The molecule has 19 heavy (non-hydrogen) atoms. The number of rotatable bonds is 14. The van der Waals surface area contributed by atoms with Crippen LogP contribution in [0, 0.1) is 0 Å². The molecule has 0 saturated heterocycles. The second kappa shape index (κ2) is 12.9. The Balaban J connectivity index is 3.40. The summed E-state index contributed by atoms with van der Waals surface area (Å²) in [6.45, 7) is 10.5. The molecule has 0 aliphatic carbocycles. The van der Waals surface area contributed by atoms with E-state index in [1.807, 2.05) is 0 Å². The molecule has 4 heteroatoms. The van der Waals surface area contributed by atoms with E-state index >= 15 is 0 Å². The highest BCUT2D eigenvalue weighted by atomic mass is 16.5. The number of hydrogen-bond donors (Lipinski definition) is 2. The van der Waals surface area contributed by atoms with E-state index in [-0.39, 0.29) is 12.1 Å². The maximum absolute atomic E-state index is 9.42. The van der Waals surface area contributed by atoms with Crippen molar-refractivity contribution in [2.45, 2.75) is 58.4 Å². The van der Waals surface area contributed by atoms with Crippen molar-refractivity contribution >= 4 is 0 Å². The van der Waals surface area contributed by atoms with Gasteiger partial charge in [0.25, 0.3) is 0 Å². The van der Waals surface area contributed by atoms with Gasteiger partial charge in [-0.3, -0.25) is 0 Å². The average Bonchev–Trinajstić information content (AvgIpc) is 2.43. The van der Waals surface area contributed by atoms with Crippen LogP contribution in [0.3, 0.4) is 0 Å². The minimum atomic E-state index is -0.139. The van der Waals surface area contributed by atoms with E-state index in [0.29, 0.717) is 13.2 Å². The smallest absolute Gasteiger partial charge is 0.0700 e. The number of aliphatic hydroxyl groups excluding tert-OH is 1. The SMILES string of the molecule is CCCNC(C)(CO)CCCCOCCOCCC. The Kier molecular flexibility index (Phi) is 12.7. The molecule has 0 fully saturated rings. The lowest BCUT2D eigenvalue weighted by Gasteiger charge is -2.28. The molecule has 1 atom stereocenters. The number of unbranched alkanes of at least 4 members (excludes halogenated alkanes) is 1. The fourth-order valence-corrected chi connectivity index (χ4v) is 1.84. The van der Waals surface area contributed by atoms with Gasteiger partial charge < -0.3 is 19.9 Å². The van der Waals surface area contributed by atoms with Crippen LogP contribution in [0.1, 0.15) is 52.9 Å². The van der Waals surface area contributed by atoms with E-state index < -0.39 is 0 Å². The van der Waals surface area contributed by atoms with E-state index in [1.165, 1.54) is 0 Å². The van der Waals surface area contributed by atoms with E-state index in [4.69, 9.17) is 9.47 Å². The molecular weight excluding hydrogens is 242 g/mol. The van der Waals surface area contributed by atoms with Crippen molar-refractivity contribution in [3.05, 3.63) is 0 Å². The molecule has 0 amide bonds. The third-order valence-corrected chi connectivity index (χ3v) is 3.14. The van der Waals surface area contributed by atoms with Crippen LogP contribution >= 0.6 is 0 Å². The Morgan fingerprint density at radius 3 is 2.21 bits per heavy atom. The normalized spacial score (nSPS) is 14.5. The van der Waals surface area contributed by atoms with E-state index in [9.17, 15) is 5.11 Å². The van der Waals surface area contributed by atoms with Gasteiger partial charge in [-0.2, -0.15) is 0 Å². The highest BCUT2D eigenvalue weighted by Crippen LogP contribution is 2.13. The lowest BCUT2D eigenvalue weighted by Crippen LogP contribution is -2.46. The number of ether oxygens (including phenoxy) is 2. The second-order valence-electron chi connectivity index (χ2n) is 5.33. The van der Waals surface area contributed by atoms with Gasteiger partial charge in [0.15, 0.2) is 0 Å².